The Hall–Kier alpha value is -0.830. The Morgan fingerprint density at radius 2 is 2.19 bits per heavy atom. The maximum atomic E-state index is 5.69. The van der Waals surface area contributed by atoms with Crippen molar-refractivity contribution in [2.75, 3.05) is 6.54 Å². The van der Waals surface area contributed by atoms with Gasteiger partial charge in [-0.15, -0.1) is 0 Å². The van der Waals surface area contributed by atoms with Crippen LogP contribution in [-0.4, -0.2) is 16.1 Å². The summed E-state index contributed by atoms with van der Waals surface area (Å²) in [5.74, 6) is 2.80. The van der Waals surface area contributed by atoms with E-state index in [0.717, 1.165) is 18.9 Å². The molecule has 1 aromatic heterocycles. The molecule has 1 unspecified atom stereocenters. The van der Waals surface area contributed by atoms with Gasteiger partial charge in [0.25, 0.3) is 0 Å². The predicted molar refractivity (Wildman–Crippen MR) is 64.6 cm³/mol. The first-order valence-corrected chi connectivity index (χ1v) is 6.60. The standard InChI is InChI=1S/C13H21N3/c1-9-3-2-8-16-12(9)11(6-7-14)15-13(16)10-4-5-10/h9-10H,2-8,14H2,1H3. The molecule has 2 heterocycles. The molecule has 3 rings (SSSR count). The molecule has 1 aromatic rings. The molecule has 88 valence electrons. The Labute approximate surface area is 97.0 Å². The lowest BCUT2D eigenvalue weighted by molar-refractivity contribution is 0.460. The van der Waals surface area contributed by atoms with Gasteiger partial charge >= 0.3 is 0 Å². The van der Waals surface area contributed by atoms with E-state index in [1.54, 1.807) is 0 Å². The number of nitrogens with zero attached hydrogens (tertiary/aromatic N) is 2. The summed E-state index contributed by atoms with van der Waals surface area (Å²) in [6.07, 6.45) is 6.26. The Morgan fingerprint density at radius 1 is 1.38 bits per heavy atom. The van der Waals surface area contributed by atoms with Crippen molar-refractivity contribution in [1.82, 2.24) is 9.55 Å². The molecule has 0 radical (unpaired) electrons. The van der Waals surface area contributed by atoms with Crippen LogP contribution >= 0.6 is 0 Å². The number of hydrogen-bond acceptors (Lipinski definition) is 2. The topological polar surface area (TPSA) is 43.8 Å². The zero-order valence-electron chi connectivity index (χ0n) is 10.1. The van der Waals surface area contributed by atoms with Gasteiger partial charge in [-0.2, -0.15) is 0 Å². The Morgan fingerprint density at radius 3 is 2.88 bits per heavy atom. The van der Waals surface area contributed by atoms with Gasteiger partial charge in [-0.3, -0.25) is 0 Å². The first-order valence-electron chi connectivity index (χ1n) is 6.60. The fraction of sp³-hybridized carbons (Fsp3) is 0.769. The van der Waals surface area contributed by atoms with Crippen molar-refractivity contribution in [2.45, 2.75) is 57.4 Å². The summed E-state index contributed by atoms with van der Waals surface area (Å²) in [4.78, 5) is 4.88. The highest BCUT2D eigenvalue weighted by atomic mass is 15.1. The van der Waals surface area contributed by atoms with E-state index in [9.17, 15) is 0 Å². The largest absolute Gasteiger partial charge is 0.331 e. The number of rotatable bonds is 3. The summed E-state index contributed by atoms with van der Waals surface area (Å²) < 4.78 is 2.51. The fourth-order valence-electron chi connectivity index (χ4n) is 2.99. The predicted octanol–water partition coefficient (Wildman–Crippen LogP) is 2.16. The summed E-state index contributed by atoms with van der Waals surface area (Å²) in [6, 6.07) is 0. The first kappa shape index (κ1) is 10.3. The molecule has 1 saturated carbocycles. The normalized spacial score (nSPS) is 24.5. The minimum absolute atomic E-state index is 0.676. The Kier molecular flexibility index (Phi) is 2.51. The van der Waals surface area contributed by atoms with Crippen molar-refractivity contribution >= 4 is 0 Å². The van der Waals surface area contributed by atoms with Crippen LogP contribution in [0.15, 0.2) is 0 Å². The molecule has 1 aliphatic carbocycles. The lowest BCUT2D eigenvalue weighted by Gasteiger charge is -2.23. The van der Waals surface area contributed by atoms with Crippen molar-refractivity contribution in [3.05, 3.63) is 17.2 Å². The van der Waals surface area contributed by atoms with E-state index in [2.05, 4.69) is 11.5 Å². The first-order chi connectivity index (χ1) is 7.81. The van der Waals surface area contributed by atoms with E-state index < -0.39 is 0 Å². The average Bonchev–Trinajstić information content (AvgIpc) is 3.04. The smallest absolute Gasteiger partial charge is 0.112 e. The van der Waals surface area contributed by atoms with Crippen molar-refractivity contribution in [1.29, 1.82) is 0 Å². The van der Waals surface area contributed by atoms with Gasteiger partial charge in [0, 0.05) is 24.6 Å². The maximum absolute atomic E-state index is 5.69. The van der Waals surface area contributed by atoms with Gasteiger partial charge in [-0.05, 0) is 38.1 Å². The lowest BCUT2D eigenvalue weighted by Crippen LogP contribution is -2.17. The highest BCUT2D eigenvalue weighted by molar-refractivity contribution is 5.26. The quantitative estimate of drug-likeness (QED) is 0.846. The van der Waals surface area contributed by atoms with Crippen LogP contribution in [0.25, 0.3) is 0 Å². The molecule has 0 saturated heterocycles. The molecule has 0 spiro atoms. The molecule has 2 aliphatic rings. The van der Waals surface area contributed by atoms with Crippen LogP contribution in [0.2, 0.25) is 0 Å². The molecule has 1 aliphatic heterocycles. The van der Waals surface area contributed by atoms with Gasteiger partial charge in [0.15, 0.2) is 0 Å². The van der Waals surface area contributed by atoms with Crippen LogP contribution in [-0.2, 0) is 13.0 Å². The molecular weight excluding hydrogens is 198 g/mol. The monoisotopic (exact) mass is 219 g/mol. The van der Waals surface area contributed by atoms with Crippen LogP contribution in [0.5, 0.6) is 0 Å². The van der Waals surface area contributed by atoms with Gasteiger partial charge in [-0.1, -0.05) is 6.92 Å². The van der Waals surface area contributed by atoms with Gasteiger partial charge in [-0.25, -0.2) is 4.98 Å². The fourth-order valence-corrected chi connectivity index (χ4v) is 2.99. The van der Waals surface area contributed by atoms with Gasteiger partial charge in [0.1, 0.15) is 5.82 Å². The zero-order chi connectivity index (χ0) is 11.1. The highest BCUT2D eigenvalue weighted by Gasteiger charge is 2.33. The third-order valence-electron chi connectivity index (χ3n) is 3.92. The molecular formula is C13H21N3. The van der Waals surface area contributed by atoms with Crippen molar-refractivity contribution in [2.24, 2.45) is 5.73 Å². The molecule has 0 amide bonds. The molecule has 3 nitrogen and oxygen atoms in total. The summed E-state index contributed by atoms with van der Waals surface area (Å²) in [6.45, 7) is 4.24. The van der Waals surface area contributed by atoms with Crippen LogP contribution < -0.4 is 5.73 Å². The number of imidazole rings is 1. The molecule has 1 fully saturated rings. The van der Waals surface area contributed by atoms with Gasteiger partial charge < -0.3 is 10.3 Å². The number of nitrogens with two attached hydrogens (primary N) is 1. The third kappa shape index (κ3) is 1.58. The Balaban J connectivity index is 2.04. The minimum Gasteiger partial charge on any atom is -0.331 e. The summed E-state index contributed by atoms with van der Waals surface area (Å²) in [7, 11) is 0. The van der Waals surface area contributed by atoms with E-state index in [1.807, 2.05) is 0 Å². The van der Waals surface area contributed by atoms with Crippen molar-refractivity contribution in [3.8, 4) is 0 Å². The second-order valence-electron chi connectivity index (χ2n) is 5.31. The summed E-state index contributed by atoms with van der Waals surface area (Å²) in [5.41, 5.74) is 8.48. The molecule has 16 heavy (non-hydrogen) atoms. The second kappa shape index (κ2) is 3.88. The van der Waals surface area contributed by atoms with Gasteiger partial charge in [0.05, 0.1) is 5.69 Å². The molecule has 3 heteroatoms. The van der Waals surface area contributed by atoms with E-state index in [0.29, 0.717) is 5.92 Å². The average molecular weight is 219 g/mol. The van der Waals surface area contributed by atoms with Crippen molar-refractivity contribution in [3.63, 3.8) is 0 Å². The van der Waals surface area contributed by atoms with E-state index in [4.69, 9.17) is 10.7 Å². The molecule has 0 bridgehead atoms. The summed E-state index contributed by atoms with van der Waals surface area (Å²) >= 11 is 0. The maximum Gasteiger partial charge on any atom is 0.112 e. The van der Waals surface area contributed by atoms with Crippen LogP contribution in [0, 0.1) is 0 Å². The molecule has 2 N–H and O–H groups in total. The number of aromatic nitrogens is 2. The van der Waals surface area contributed by atoms with Crippen molar-refractivity contribution < 1.29 is 0 Å². The Bertz CT molecular complexity index is 390. The summed E-state index contributed by atoms with van der Waals surface area (Å²) in [5, 5.41) is 0. The minimum atomic E-state index is 0.676. The van der Waals surface area contributed by atoms with E-state index >= 15 is 0 Å². The number of fused-ring (bicyclic) bond motifs is 1. The molecule has 0 aromatic carbocycles. The van der Waals surface area contributed by atoms with Crippen LogP contribution in [0.4, 0.5) is 0 Å². The third-order valence-corrected chi connectivity index (χ3v) is 3.92. The van der Waals surface area contributed by atoms with Gasteiger partial charge in [0.2, 0.25) is 0 Å². The lowest BCUT2D eigenvalue weighted by atomic mass is 9.95. The second-order valence-corrected chi connectivity index (χ2v) is 5.31. The van der Waals surface area contributed by atoms with Crippen LogP contribution in [0.3, 0.4) is 0 Å². The highest BCUT2D eigenvalue weighted by Crippen LogP contribution is 2.42. The van der Waals surface area contributed by atoms with Crippen LogP contribution in [0.1, 0.15) is 61.7 Å². The SMILES string of the molecule is CC1CCCn2c(C3CC3)nc(CCN)c21. The number of hydrogen-bond donors (Lipinski definition) is 1. The molecule has 1 atom stereocenters. The van der Waals surface area contributed by atoms with E-state index in [1.165, 1.54) is 49.4 Å². The van der Waals surface area contributed by atoms with E-state index in [-0.39, 0.29) is 0 Å². The zero-order valence-corrected chi connectivity index (χ0v) is 10.1.